The summed E-state index contributed by atoms with van der Waals surface area (Å²) in [4.78, 5) is 29.1. The van der Waals surface area contributed by atoms with Gasteiger partial charge in [0.05, 0.1) is 22.2 Å². The topological polar surface area (TPSA) is 117 Å². The van der Waals surface area contributed by atoms with Crippen molar-refractivity contribution in [2.24, 2.45) is 0 Å². The molecule has 1 heterocycles. The van der Waals surface area contributed by atoms with Gasteiger partial charge in [-0.25, -0.2) is 4.98 Å². The van der Waals surface area contributed by atoms with Gasteiger partial charge in [0.25, 0.3) is 5.91 Å². The van der Waals surface area contributed by atoms with Crippen molar-refractivity contribution in [3.05, 3.63) is 68.5 Å². The molecule has 3 aromatic rings. The van der Waals surface area contributed by atoms with E-state index in [9.17, 15) is 9.59 Å². The van der Waals surface area contributed by atoms with E-state index >= 15 is 0 Å². The van der Waals surface area contributed by atoms with E-state index in [-0.39, 0.29) is 45.4 Å². The molecule has 7 nitrogen and oxygen atoms in total. The van der Waals surface area contributed by atoms with Gasteiger partial charge in [0, 0.05) is 17.8 Å². The third-order valence-electron chi connectivity index (χ3n) is 3.85. The number of aliphatic hydroxyl groups is 1. The molecule has 0 bridgehead atoms. The quantitative estimate of drug-likeness (QED) is 0.407. The number of carbonyl (C=O) groups is 2. The van der Waals surface area contributed by atoms with Crippen LogP contribution in [0.1, 0.15) is 25.6 Å². The van der Waals surface area contributed by atoms with E-state index < -0.39 is 5.78 Å². The second kappa shape index (κ2) is 9.23. The summed E-state index contributed by atoms with van der Waals surface area (Å²) < 4.78 is 0. The number of aromatic nitrogens is 1. The lowest BCUT2D eigenvalue weighted by Gasteiger charge is -2.05. The Balaban J connectivity index is 1.77. The highest BCUT2D eigenvalue weighted by molar-refractivity contribution is 7.18. The molecule has 3 rings (SSSR count). The van der Waals surface area contributed by atoms with Crippen LogP contribution in [-0.2, 0) is 0 Å². The minimum atomic E-state index is -0.403. The Morgan fingerprint density at radius 2 is 1.76 bits per heavy atom. The normalized spacial score (nSPS) is 10.6. The van der Waals surface area contributed by atoms with Gasteiger partial charge in [-0.3, -0.25) is 9.59 Å². The summed E-state index contributed by atoms with van der Waals surface area (Å²) in [5.74, 6) is -0.619. The van der Waals surface area contributed by atoms with Crippen molar-refractivity contribution < 1.29 is 14.7 Å². The minimum absolute atomic E-state index is 0.0680. The van der Waals surface area contributed by atoms with Crippen molar-refractivity contribution >= 4 is 62.9 Å². The first kappa shape index (κ1) is 21.1. The van der Waals surface area contributed by atoms with E-state index in [1.54, 1.807) is 42.5 Å². The van der Waals surface area contributed by atoms with Gasteiger partial charge in [0.2, 0.25) is 5.78 Å². The zero-order valence-corrected chi connectivity index (χ0v) is 17.2. The third-order valence-corrected chi connectivity index (χ3v) is 5.46. The van der Waals surface area contributed by atoms with E-state index in [2.05, 4.69) is 15.6 Å². The number of nitrogens with one attached hydrogen (secondary N) is 2. The van der Waals surface area contributed by atoms with Crippen LogP contribution in [0.4, 0.5) is 16.6 Å². The van der Waals surface area contributed by atoms with Crippen LogP contribution in [0.25, 0.3) is 0 Å². The van der Waals surface area contributed by atoms with Crippen molar-refractivity contribution in [1.29, 1.82) is 0 Å². The van der Waals surface area contributed by atoms with Crippen molar-refractivity contribution in [1.82, 2.24) is 10.3 Å². The van der Waals surface area contributed by atoms with Gasteiger partial charge in [-0.2, -0.15) is 0 Å². The molecule has 0 aliphatic heterocycles. The van der Waals surface area contributed by atoms with Crippen LogP contribution in [0.15, 0.2) is 42.5 Å². The summed E-state index contributed by atoms with van der Waals surface area (Å²) >= 11 is 13.3. The molecule has 0 unspecified atom stereocenters. The average molecular weight is 451 g/mol. The first-order valence-electron chi connectivity index (χ1n) is 8.42. The highest BCUT2D eigenvalue weighted by Crippen LogP contribution is 2.33. The molecule has 0 aliphatic rings. The molecule has 10 heteroatoms. The van der Waals surface area contributed by atoms with Crippen LogP contribution in [0.2, 0.25) is 10.0 Å². The van der Waals surface area contributed by atoms with Gasteiger partial charge in [0.1, 0.15) is 10.7 Å². The smallest absolute Gasteiger partial charge is 0.251 e. The van der Waals surface area contributed by atoms with Crippen molar-refractivity contribution in [2.45, 2.75) is 0 Å². The lowest BCUT2D eigenvalue weighted by molar-refractivity contribution is 0.0944. The molecule has 0 saturated carbocycles. The maximum atomic E-state index is 12.8. The average Bonchev–Trinajstić information content (AvgIpc) is 3.06. The standard InChI is InChI=1S/C19H16Cl2N4O3S/c20-12-2-1-3-13(21)14(12)15(27)16-17(22)25-19(29-16)24-11-6-4-10(5-7-11)18(28)23-8-9-26/h1-7,26H,8-9,22H2,(H,23,28)(H,24,25). The fourth-order valence-electron chi connectivity index (χ4n) is 2.48. The van der Waals surface area contributed by atoms with Crippen molar-refractivity contribution in [3.63, 3.8) is 0 Å². The number of anilines is 3. The molecular formula is C19H16Cl2N4O3S. The van der Waals surface area contributed by atoms with E-state index in [4.69, 9.17) is 34.0 Å². The monoisotopic (exact) mass is 450 g/mol. The second-order valence-corrected chi connectivity index (χ2v) is 7.65. The molecular weight excluding hydrogens is 435 g/mol. The summed E-state index contributed by atoms with van der Waals surface area (Å²) in [5.41, 5.74) is 7.21. The van der Waals surface area contributed by atoms with Crippen molar-refractivity contribution in [2.75, 3.05) is 24.2 Å². The number of aliphatic hydroxyl groups excluding tert-OH is 1. The largest absolute Gasteiger partial charge is 0.395 e. The van der Waals surface area contributed by atoms with E-state index in [1.807, 2.05) is 0 Å². The van der Waals surface area contributed by atoms with Crippen molar-refractivity contribution in [3.8, 4) is 0 Å². The van der Waals surface area contributed by atoms with Gasteiger partial charge >= 0.3 is 0 Å². The molecule has 0 spiro atoms. The fraction of sp³-hybridized carbons (Fsp3) is 0.105. The number of hydrogen-bond acceptors (Lipinski definition) is 7. The molecule has 0 aliphatic carbocycles. The Bertz CT molecular complexity index is 1030. The highest BCUT2D eigenvalue weighted by atomic mass is 35.5. The van der Waals surface area contributed by atoms with Crippen LogP contribution in [0.5, 0.6) is 0 Å². The zero-order valence-electron chi connectivity index (χ0n) is 14.9. The molecule has 29 heavy (non-hydrogen) atoms. The predicted octanol–water partition coefficient (Wildman–Crippen LogP) is 3.73. The molecule has 2 aromatic carbocycles. The van der Waals surface area contributed by atoms with Crippen LogP contribution in [0, 0.1) is 0 Å². The summed E-state index contributed by atoms with van der Waals surface area (Å²) in [6, 6.07) is 11.4. The van der Waals surface area contributed by atoms with Crippen LogP contribution >= 0.6 is 34.5 Å². The summed E-state index contributed by atoms with van der Waals surface area (Å²) in [6.45, 7) is 0.0563. The zero-order chi connectivity index (χ0) is 21.0. The maximum absolute atomic E-state index is 12.8. The Morgan fingerprint density at radius 1 is 1.10 bits per heavy atom. The lowest BCUT2D eigenvalue weighted by atomic mass is 10.1. The Morgan fingerprint density at radius 3 is 2.38 bits per heavy atom. The number of amides is 1. The summed E-state index contributed by atoms with van der Waals surface area (Å²) in [6.07, 6.45) is 0. The predicted molar refractivity (Wildman–Crippen MR) is 116 cm³/mol. The second-order valence-electron chi connectivity index (χ2n) is 5.84. The minimum Gasteiger partial charge on any atom is -0.395 e. The molecule has 0 fully saturated rings. The lowest BCUT2D eigenvalue weighted by Crippen LogP contribution is -2.26. The van der Waals surface area contributed by atoms with E-state index in [0.29, 0.717) is 16.4 Å². The van der Waals surface area contributed by atoms with Crippen LogP contribution in [-0.4, -0.2) is 34.9 Å². The first-order chi connectivity index (χ1) is 13.9. The molecule has 150 valence electrons. The number of halogens is 2. The van der Waals surface area contributed by atoms with Gasteiger partial charge in [-0.05, 0) is 36.4 Å². The number of benzene rings is 2. The summed E-state index contributed by atoms with van der Waals surface area (Å²) in [7, 11) is 0. The van der Waals surface area contributed by atoms with E-state index in [1.165, 1.54) is 0 Å². The molecule has 0 atom stereocenters. The number of thiazole rings is 1. The number of ketones is 1. The van der Waals surface area contributed by atoms with Gasteiger partial charge in [0.15, 0.2) is 5.13 Å². The number of carbonyl (C=O) groups excluding carboxylic acids is 2. The first-order valence-corrected chi connectivity index (χ1v) is 9.99. The van der Waals surface area contributed by atoms with Crippen LogP contribution in [0.3, 0.4) is 0 Å². The van der Waals surface area contributed by atoms with E-state index in [0.717, 1.165) is 11.3 Å². The number of nitrogen functional groups attached to an aromatic ring is 1. The van der Waals surface area contributed by atoms with Gasteiger partial charge in [-0.15, -0.1) is 0 Å². The number of rotatable bonds is 7. The van der Waals surface area contributed by atoms with Gasteiger partial charge in [-0.1, -0.05) is 40.6 Å². The number of nitrogens with two attached hydrogens (primary N) is 1. The molecule has 5 N–H and O–H groups in total. The Hall–Kier alpha value is -2.65. The molecule has 1 aromatic heterocycles. The molecule has 0 saturated heterocycles. The van der Waals surface area contributed by atoms with Crippen LogP contribution < -0.4 is 16.4 Å². The SMILES string of the molecule is Nc1nc(Nc2ccc(C(=O)NCCO)cc2)sc1C(=O)c1c(Cl)cccc1Cl. The third kappa shape index (κ3) is 4.86. The fourth-order valence-corrected chi connectivity index (χ4v) is 3.90. The maximum Gasteiger partial charge on any atom is 0.251 e. The Kier molecular flexibility index (Phi) is 6.71. The highest BCUT2D eigenvalue weighted by Gasteiger charge is 2.22. The summed E-state index contributed by atoms with van der Waals surface area (Å²) in [5, 5.41) is 15.3. The molecule has 0 radical (unpaired) electrons. The number of nitrogens with zero attached hydrogens (tertiary/aromatic N) is 1. The van der Waals surface area contributed by atoms with Gasteiger partial charge < -0.3 is 21.5 Å². The molecule has 1 amide bonds. The number of hydrogen-bond donors (Lipinski definition) is 4. The Labute approximate surface area is 180 Å².